The fraction of sp³-hybridized carbons (Fsp3) is 0.600. The maximum absolute atomic E-state index is 11.4. The number of hydrogen-bond acceptors (Lipinski definition) is 5. The Kier molecular flexibility index (Phi) is 4.83. The number of hydrogen-bond donors (Lipinski definition) is 1. The first-order valence-electron chi connectivity index (χ1n) is 5.31. The molecule has 0 saturated heterocycles. The third-order valence-corrected chi connectivity index (χ3v) is 3.10. The molecule has 1 aromatic heterocycles. The molecule has 0 fully saturated rings. The molecule has 17 heavy (non-hydrogen) atoms. The zero-order chi connectivity index (χ0) is 12.9. The highest BCUT2D eigenvalue weighted by atomic mass is 32.2. The second kappa shape index (κ2) is 5.92. The lowest BCUT2D eigenvalue weighted by molar-refractivity contribution is 0.536. The van der Waals surface area contributed by atoms with Crippen molar-refractivity contribution in [2.75, 3.05) is 25.1 Å². The van der Waals surface area contributed by atoms with Crippen LogP contribution in [-0.2, 0) is 16.4 Å². The fourth-order valence-electron chi connectivity index (χ4n) is 1.26. The standard InChI is InChI=1S/C10H17N3O3S/c1-9-7-10(14)13(12-8-9)5-3-11-4-6-17(2,15)16/h7-8,11H,3-6H2,1-2H3. The number of rotatable bonds is 6. The van der Waals surface area contributed by atoms with Gasteiger partial charge in [-0.15, -0.1) is 0 Å². The summed E-state index contributed by atoms with van der Waals surface area (Å²) in [6.07, 6.45) is 2.82. The predicted octanol–water partition coefficient (Wildman–Crippen LogP) is -0.814. The van der Waals surface area contributed by atoms with E-state index in [1.165, 1.54) is 17.0 Å². The van der Waals surface area contributed by atoms with Crippen molar-refractivity contribution >= 4 is 9.84 Å². The number of nitrogens with zero attached hydrogens (tertiary/aromatic N) is 2. The normalized spacial score (nSPS) is 11.6. The van der Waals surface area contributed by atoms with Gasteiger partial charge in [0.05, 0.1) is 18.5 Å². The number of sulfone groups is 1. The summed E-state index contributed by atoms with van der Waals surface area (Å²) < 4.78 is 23.0. The zero-order valence-electron chi connectivity index (χ0n) is 10.0. The molecule has 0 unspecified atom stereocenters. The van der Waals surface area contributed by atoms with E-state index < -0.39 is 9.84 Å². The molecule has 1 aromatic rings. The first kappa shape index (κ1) is 13.9. The largest absolute Gasteiger partial charge is 0.314 e. The van der Waals surface area contributed by atoms with Crippen molar-refractivity contribution in [3.05, 3.63) is 28.2 Å². The lowest BCUT2D eigenvalue weighted by atomic mass is 10.3. The van der Waals surface area contributed by atoms with E-state index in [0.29, 0.717) is 19.6 Å². The summed E-state index contributed by atoms with van der Waals surface area (Å²) in [6, 6.07) is 1.52. The van der Waals surface area contributed by atoms with Gasteiger partial charge < -0.3 is 5.32 Å². The third kappa shape index (κ3) is 5.60. The fourth-order valence-corrected chi connectivity index (χ4v) is 1.77. The molecule has 1 heterocycles. The second-order valence-corrected chi connectivity index (χ2v) is 6.23. The Morgan fingerprint density at radius 2 is 2.12 bits per heavy atom. The average Bonchev–Trinajstić information content (AvgIpc) is 2.18. The van der Waals surface area contributed by atoms with Crippen molar-refractivity contribution in [1.29, 1.82) is 0 Å². The van der Waals surface area contributed by atoms with Crippen molar-refractivity contribution in [2.45, 2.75) is 13.5 Å². The summed E-state index contributed by atoms with van der Waals surface area (Å²) >= 11 is 0. The Morgan fingerprint density at radius 1 is 1.41 bits per heavy atom. The summed E-state index contributed by atoms with van der Waals surface area (Å²) in [4.78, 5) is 11.4. The molecule has 0 bridgehead atoms. The van der Waals surface area contributed by atoms with Crippen molar-refractivity contribution < 1.29 is 8.42 Å². The minimum Gasteiger partial charge on any atom is -0.314 e. The molecule has 0 saturated carbocycles. The third-order valence-electron chi connectivity index (χ3n) is 2.16. The molecule has 0 spiro atoms. The zero-order valence-corrected chi connectivity index (χ0v) is 10.8. The number of aryl methyl sites for hydroxylation is 1. The topological polar surface area (TPSA) is 81.1 Å². The highest BCUT2D eigenvalue weighted by Crippen LogP contribution is 1.86. The first-order valence-corrected chi connectivity index (χ1v) is 7.37. The highest BCUT2D eigenvalue weighted by molar-refractivity contribution is 7.90. The summed E-state index contributed by atoms with van der Waals surface area (Å²) in [6.45, 7) is 3.15. The molecule has 1 rings (SSSR count). The SMILES string of the molecule is Cc1cnn(CCNCCS(C)(=O)=O)c(=O)c1. The molecule has 0 atom stereocenters. The van der Waals surface area contributed by atoms with E-state index in [1.807, 2.05) is 6.92 Å². The van der Waals surface area contributed by atoms with E-state index >= 15 is 0 Å². The van der Waals surface area contributed by atoms with E-state index in [1.54, 1.807) is 6.20 Å². The molecule has 1 N–H and O–H groups in total. The van der Waals surface area contributed by atoms with Gasteiger partial charge in [0.15, 0.2) is 0 Å². The van der Waals surface area contributed by atoms with E-state index in [2.05, 4.69) is 10.4 Å². The van der Waals surface area contributed by atoms with Crippen LogP contribution in [0.4, 0.5) is 0 Å². The number of nitrogens with one attached hydrogen (secondary N) is 1. The molecular formula is C10H17N3O3S. The second-order valence-electron chi connectivity index (χ2n) is 3.97. The van der Waals surface area contributed by atoms with Crippen molar-refractivity contribution in [2.24, 2.45) is 0 Å². The highest BCUT2D eigenvalue weighted by Gasteiger charge is 2.01. The molecular weight excluding hydrogens is 242 g/mol. The van der Waals surface area contributed by atoms with Gasteiger partial charge in [0.25, 0.3) is 5.56 Å². The average molecular weight is 259 g/mol. The van der Waals surface area contributed by atoms with E-state index in [0.717, 1.165) is 5.56 Å². The molecule has 6 nitrogen and oxygen atoms in total. The smallest absolute Gasteiger partial charge is 0.267 e. The van der Waals surface area contributed by atoms with Gasteiger partial charge in [-0.05, 0) is 12.5 Å². The van der Waals surface area contributed by atoms with E-state index in [-0.39, 0.29) is 11.3 Å². The van der Waals surface area contributed by atoms with Crippen LogP contribution < -0.4 is 10.9 Å². The van der Waals surface area contributed by atoms with Crippen LogP contribution in [-0.4, -0.2) is 43.3 Å². The summed E-state index contributed by atoms with van der Waals surface area (Å²) in [5.74, 6) is 0.100. The maximum atomic E-state index is 11.4. The Hall–Kier alpha value is -1.21. The van der Waals surface area contributed by atoms with Crippen molar-refractivity contribution in [3.8, 4) is 0 Å². The van der Waals surface area contributed by atoms with Crippen LogP contribution in [0, 0.1) is 6.92 Å². The molecule has 0 aliphatic heterocycles. The van der Waals surface area contributed by atoms with Gasteiger partial charge >= 0.3 is 0 Å². The number of aromatic nitrogens is 2. The Balaban J connectivity index is 2.34. The Bertz CT molecular complexity index is 522. The predicted molar refractivity (Wildman–Crippen MR) is 65.8 cm³/mol. The monoisotopic (exact) mass is 259 g/mol. The van der Waals surface area contributed by atoms with Crippen LogP contribution in [0.5, 0.6) is 0 Å². The summed E-state index contributed by atoms with van der Waals surface area (Å²) in [5, 5.41) is 6.92. The van der Waals surface area contributed by atoms with Gasteiger partial charge in [-0.2, -0.15) is 5.10 Å². The van der Waals surface area contributed by atoms with Gasteiger partial charge in [0, 0.05) is 25.4 Å². The quantitative estimate of drug-likeness (QED) is 0.675. The molecule has 0 amide bonds. The van der Waals surface area contributed by atoms with Crippen LogP contribution >= 0.6 is 0 Å². The van der Waals surface area contributed by atoms with E-state index in [4.69, 9.17) is 0 Å². The molecule has 96 valence electrons. The maximum Gasteiger partial charge on any atom is 0.267 e. The van der Waals surface area contributed by atoms with Gasteiger partial charge in [0.2, 0.25) is 0 Å². The minimum absolute atomic E-state index is 0.100. The van der Waals surface area contributed by atoms with Crippen LogP contribution in [0.1, 0.15) is 5.56 Å². The van der Waals surface area contributed by atoms with Crippen LogP contribution in [0.15, 0.2) is 17.1 Å². The van der Waals surface area contributed by atoms with E-state index in [9.17, 15) is 13.2 Å². The van der Waals surface area contributed by atoms with Gasteiger partial charge in [-0.3, -0.25) is 4.79 Å². The van der Waals surface area contributed by atoms with Crippen LogP contribution in [0.25, 0.3) is 0 Å². The lowest BCUT2D eigenvalue weighted by Crippen LogP contribution is -2.30. The summed E-state index contributed by atoms with van der Waals surface area (Å²) in [5.41, 5.74) is 0.686. The molecule has 0 aliphatic rings. The van der Waals surface area contributed by atoms with Gasteiger partial charge in [0.1, 0.15) is 9.84 Å². The molecule has 0 aliphatic carbocycles. The van der Waals surface area contributed by atoms with Gasteiger partial charge in [-0.25, -0.2) is 13.1 Å². The van der Waals surface area contributed by atoms with Crippen LogP contribution in [0.2, 0.25) is 0 Å². The molecule has 0 aromatic carbocycles. The van der Waals surface area contributed by atoms with Gasteiger partial charge in [-0.1, -0.05) is 0 Å². The molecule has 7 heteroatoms. The van der Waals surface area contributed by atoms with Crippen LogP contribution in [0.3, 0.4) is 0 Å². The lowest BCUT2D eigenvalue weighted by Gasteiger charge is -2.05. The Morgan fingerprint density at radius 3 is 2.71 bits per heavy atom. The Labute approximate surface area is 101 Å². The minimum atomic E-state index is -2.93. The molecule has 0 radical (unpaired) electrons. The summed E-state index contributed by atoms with van der Waals surface area (Å²) in [7, 11) is -2.93. The van der Waals surface area contributed by atoms with Crippen molar-refractivity contribution in [1.82, 2.24) is 15.1 Å². The first-order chi connectivity index (χ1) is 7.88. The van der Waals surface area contributed by atoms with Crippen molar-refractivity contribution in [3.63, 3.8) is 0 Å².